The Labute approximate surface area is 199 Å². The van der Waals surface area contributed by atoms with Gasteiger partial charge in [-0.2, -0.15) is 5.10 Å². The fraction of sp³-hybridized carbons (Fsp3) is 0.370. The third kappa shape index (κ3) is 4.69. The molecule has 3 aromatic rings. The summed E-state index contributed by atoms with van der Waals surface area (Å²) in [5.74, 6) is 1.22. The van der Waals surface area contributed by atoms with Crippen LogP contribution in [0.5, 0.6) is 5.75 Å². The van der Waals surface area contributed by atoms with Gasteiger partial charge in [-0.25, -0.2) is 0 Å². The average molecular weight is 459 g/mol. The molecule has 0 spiro atoms. The predicted octanol–water partition coefficient (Wildman–Crippen LogP) is 3.64. The van der Waals surface area contributed by atoms with Gasteiger partial charge in [0.2, 0.25) is 0 Å². The summed E-state index contributed by atoms with van der Waals surface area (Å²) in [6, 6.07) is 19.9. The zero-order chi connectivity index (χ0) is 23.5. The summed E-state index contributed by atoms with van der Waals surface area (Å²) < 4.78 is 6.89. The van der Waals surface area contributed by atoms with Crippen LogP contribution in [0.3, 0.4) is 0 Å². The summed E-state index contributed by atoms with van der Waals surface area (Å²) in [5, 5.41) is 4.49. The van der Waals surface area contributed by atoms with E-state index < -0.39 is 0 Å². The van der Waals surface area contributed by atoms with E-state index in [-0.39, 0.29) is 11.8 Å². The van der Waals surface area contributed by atoms with E-state index in [1.165, 1.54) is 5.56 Å². The molecule has 2 aliphatic rings. The van der Waals surface area contributed by atoms with Crippen molar-refractivity contribution in [2.75, 3.05) is 26.7 Å². The van der Waals surface area contributed by atoms with Crippen LogP contribution in [0.2, 0.25) is 0 Å². The second kappa shape index (κ2) is 9.71. The fourth-order valence-electron chi connectivity index (χ4n) is 4.89. The lowest BCUT2D eigenvalue weighted by atomic mass is 9.90. The number of carbonyl (C=O) groups is 2. The largest absolute Gasteiger partial charge is 0.497 e. The number of aromatic nitrogens is 2. The highest BCUT2D eigenvalue weighted by atomic mass is 16.5. The zero-order valence-corrected chi connectivity index (χ0v) is 19.5. The number of hydrogen-bond donors (Lipinski definition) is 0. The van der Waals surface area contributed by atoms with Crippen LogP contribution in [0, 0.1) is 5.92 Å². The van der Waals surface area contributed by atoms with Gasteiger partial charge in [-0.15, -0.1) is 0 Å². The predicted molar refractivity (Wildman–Crippen MR) is 129 cm³/mol. The number of nitrogens with zero attached hydrogens (tertiary/aromatic N) is 4. The van der Waals surface area contributed by atoms with Crippen molar-refractivity contribution in [3.63, 3.8) is 0 Å². The highest BCUT2D eigenvalue weighted by molar-refractivity contribution is 5.98. The minimum absolute atomic E-state index is 0.0745. The van der Waals surface area contributed by atoms with Gasteiger partial charge in [-0.05, 0) is 48.4 Å². The molecule has 0 unspecified atom stereocenters. The van der Waals surface area contributed by atoms with E-state index >= 15 is 0 Å². The summed E-state index contributed by atoms with van der Waals surface area (Å²) in [5.41, 5.74) is 3.25. The molecule has 3 heterocycles. The van der Waals surface area contributed by atoms with Gasteiger partial charge in [0.05, 0.1) is 13.7 Å². The zero-order valence-electron chi connectivity index (χ0n) is 19.5. The second-order valence-electron chi connectivity index (χ2n) is 9.14. The number of methoxy groups -OCH3 is 1. The molecule has 0 aliphatic carbocycles. The summed E-state index contributed by atoms with van der Waals surface area (Å²) >= 11 is 0. The van der Waals surface area contributed by atoms with Gasteiger partial charge in [-0.3, -0.25) is 14.3 Å². The van der Waals surface area contributed by atoms with Gasteiger partial charge in [0.25, 0.3) is 11.8 Å². The molecule has 0 bridgehead atoms. The molecule has 7 nitrogen and oxygen atoms in total. The Balaban J connectivity index is 1.20. The molecule has 0 atom stereocenters. The van der Waals surface area contributed by atoms with Crippen LogP contribution in [0.1, 0.15) is 44.9 Å². The molecule has 1 saturated heterocycles. The van der Waals surface area contributed by atoms with E-state index in [0.717, 1.165) is 43.7 Å². The number of rotatable bonds is 6. The standard InChI is InChI=1S/C27H30N4O3/c1-34-23-9-7-22(8-10-23)19-30-15-16-31-25(27(30)33)18-24(28-31)26(32)29-13-11-21(12-14-29)17-20-5-3-2-4-6-20/h2-10,18,21H,11-17,19H2,1H3. The van der Waals surface area contributed by atoms with Gasteiger partial charge in [0, 0.05) is 32.2 Å². The fourth-order valence-corrected chi connectivity index (χ4v) is 4.89. The maximum Gasteiger partial charge on any atom is 0.274 e. The number of ether oxygens (including phenoxy) is 1. The van der Waals surface area contributed by atoms with E-state index in [1.54, 1.807) is 17.9 Å². The topological polar surface area (TPSA) is 67.7 Å². The Morgan fingerprint density at radius 2 is 1.71 bits per heavy atom. The monoisotopic (exact) mass is 458 g/mol. The van der Waals surface area contributed by atoms with Crippen molar-refractivity contribution in [1.82, 2.24) is 19.6 Å². The number of likely N-dealkylation sites (tertiary alicyclic amines) is 1. The normalized spacial score (nSPS) is 16.4. The molecule has 2 aliphatic heterocycles. The lowest BCUT2D eigenvalue weighted by molar-refractivity contribution is 0.0670. The number of amides is 2. The van der Waals surface area contributed by atoms with Crippen LogP contribution in [0.25, 0.3) is 0 Å². The number of piperidine rings is 1. The molecule has 1 aromatic heterocycles. The Hall–Kier alpha value is -3.61. The first-order valence-corrected chi connectivity index (χ1v) is 11.9. The van der Waals surface area contributed by atoms with Crippen molar-refractivity contribution in [2.45, 2.75) is 32.4 Å². The van der Waals surface area contributed by atoms with Crippen LogP contribution in [0.4, 0.5) is 0 Å². The van der Waals surface area contributed by atoms with Crippen LogP contribution >= 0.6 is 0 Å². The molecule has 2 aromatic carbocycles. The second-order valence-corrected chi connectivity index (χ2v) is 9.14. The van der Waals surface area contributed by atoms with Crippen molar-refractivity contribution >= 4 is 11.8 Å². The minimum Gasteiger partial charge on any atom is -0.497 e. The molecule has 2 amide bonds. The first-order valence-electron chi connectivity index (χ1n) is 11.9. The Morgan fingerprint density at radius 3 is 2.41 bits per heavy atom. The molecule has 7 heteroatoms. The summed E-state index contributed by atoms with van der Waals surface area (Å²) in [4.78, 5) is 29.9. The van der Waals surface area contributed by atoms with E-state index in [0.29, 0.717) is 36.9 Å². The molecule has 0 radical (unpaired) electrons. The first-order chi connectivity index (χ1) is 16.6. The van der Waals surface area contributed by atoms with Crippen molar-refractivity contribution < 1.29 is 14.3 Å². The lowest BCUT2D eigenvalue weighted by Gasteiger charge is -2.31. The minimum atomic E-state index is -0.0878. The van der Waals surface area contributed by atoms with Gasteiger partial charge in [0.15, 0.2) is 5.69 Å². The number of hydrogen-bond acceptors (Lipinski definition) is 4. The van der Waals surface area contributed by atoms with Crippen LogP contribution in [-0.2, 0) is 19.5 Å². The maximum atomic E-state index is 13.1. The van der Waals surface area contributed by atoms with E-state index in [1.807, 2.05) is 40.1 Å². The van der Waals surface area contributed by atoms with E-state index in [4.69, 9.17) is 4.74 Å². The highest BCUT2D eigenvalue weighted by Crippen LogP contribution is 2.24. The van der Waals surface area contributed by atoms with Crippen molar-refractivity contribution in [3.05, 3.63) is 83.2 Å². The molecule has 34 heavy (non-hydrogen) atoms. The molecule has 0 saturated carbocycles. The molecule has 176 valence electrons. The number of benzene rings is 2. The van der Waals surface area contributed by atoms with Crippen LogP contribution in [0.15, 0.2) is 60.7 Å². The van der Waals surface area contributed by atoms with Crippen LogP contribution in [-0.4, -0.2) is 58.1 Å². The average Bonchev–Trinajstić information content (AvgIpc) is 3.32. The Kier molecular flexibility index (Phi) is 6.34. The van der Waals surface area contributed by atoms with Crippen LogP contribution < -0.4 is 4.74 Å². The van der Waals surface area contributed by atoms with E-state index in [2.05, 4.69) is 29.4 Å². The molecular formula is C27H30N4O3. The smallest absolute Gasteiger partial charge is 0.274 e. The SMILES string of the molecule is COc1ccc(CN2CCn3nc(C(=O)N4CCC(Cc5ccccc5)CC4)cc3C2=O)cc1. The summed E-state index contributed by atoms with van der Waals surface area (Å²) in [6.45, 7) is 3.14. The quantitative estimate of drug-likeness (QED) is 0.566. The third-order valence-corrected chi connectivity index (χ3v) is 6.89. The van der Waals surface area contributed by atoms with Gasteiger partial charge >= 0.3 is 0 Å². The molecular weight excluding hydrogens is 428 g/mol. The lowest BCUT2D eigenvalue weighted by Crippen LogP contribution is -2.40. The van der Waals surface area contributed by atoms with Gasteiger partial charge < -0.3 is 14.5 Å². The summed E-state index contributed by atoms with van der Waals surface area (Å²) in [6.07, 6.45) is 3.03. The number of carbonyl (C=O) groups excluding carboxylic acids is 2. The van der Waals surface area contributed by atoms with Crippen molar-refractivity contribution in [2.24, 2.45) is 5.92 Å². The van der Waals surface area contributed by atoms with Crippen molar-refractivity contribution in [3.8, 4) is 5.75 Å². The number of fused-ring (bicyclic) bond motifs is 1. The molecule has 0 N–H and O–H groups in total. The van der Waals surface area contributed by atoms with Gasteiger partial charge in [0.1, 0.15) is 11.4 Å². The Morgan fingerprint density at radius 1 is 0.971 bits per heavy atom. The molecule has 5 rings (SSSR count). The Bertz CT molecular complexity index is 1150. The maximum absolute atomic E-state index is 13.1. The third-order valence-electron chi connectivity index (χ3n) is 6.89. The highest BCUT2D eigenvalue weighted by Gasteiger charge is 2.30. The first kappa shape index (κ1) is 22.2. The van der Waals surface area contributed by atoms with Gasteiger partial charge in [-0.1, -0.05) is 42.5 Å². The van der Waals surface area contributed by atoms with Crippen molar-refractivity contribution in [1.29, 1.82) is 0 Å². The van der Waals surface area contributed by atoms with E-state index in [9.17, 15) is 9.59 Å². The summed E-state index contributed by atoms with van der Waals surface area (Å²) in [7, 11) is 1.64. The molecule has 1 fully saturated rings.